The van der Waals surface area contributed by atoms with Crippen LogP contribution >= 0.6 is 0 Å². The Kier molecular flexibility index (Phi) is 25.8. The molecule has 0 spiro atoms. The fourth-order valence-electron chi connectivity index (χ4n) is 3.34. The van der Waals surface area contributed by atoms with Crippen molar-refractivity contribution in [3.05, 3.63) is 0 Å². The fraction of sp³-hybridized carbons (Fsp3) is 0.958. The molecule has 0 aromatic heterocycles. The standard InChI is InChI=1S/C18H36O3.C6H15N/c1-2-3-4-11-14-17(19)15-12-9-7-5-6-8-10-13-16-18(20)21;1-4-7(5-2)6-3/h17,19H,2-16H2,1H3,(H,20,21);4-6H2,1-3H3. The van der Waals surface area contributed by atoms with Gasteiger partial charge in [0.05, 0.1) is 6.10 Å². The molecular weight excluding hydrogens is 350 g/mol. The number of aliphatic carboxylic acids is 1. The Morgan fingerprint density at radius 3 is 1.43 bits per heavy atom. The van der Waals surface area contributed by atoms with E-state index in [1.165, 1.54) is 71.0 Å². The van der Waals surface area contributed by atoms with E-state index in [9.17, 15) is 9.90 Å². The molecule has 0 radical (unpaired) electrons. The van der Waals surface area contributed by atoms with Crippen LogP contribution in [0.1, 0.15) is 124 Å². The van der Waals surface area contributed by atoms with E-state index in [0.717, 1.165) is 38.5 Å². The van der Waals surface area contributed by atoms with Crippen molar-refractivity contribution in [2.75, 3.05) is 19.6 Å². The van der Waals surface area contributed by atoms with Crippen LogP contribution in [0.25, 0.3) is 0 Å². The molecule has 1 atom stereocenters. The van der Waals surface area contributed by atoms with Crippen molar-refractivity contribution in [1.82, 2.24) is 4.90 Å². The second kappa shape index (κ2) is 24.4. The first-order valence-corrected chi connectivity index (χ1v) is 12.1. The molecule has 0 rings (SSSR count). The van der Waals surface area contributed by atoms with Crippen molar-refractivity contribution in [1.29, 1.82) is 0 Å². The van der Waals surface area contributed by atoms with Crippen LogP contribution in [0.4, 0.5) is 0 Å². The average Bonchev–Trinajstić information content (AvgIpc) is 2.68. The molecule has 2 N–H and O–H groups in total. The molecule has 0 heterocycles. The van der Waals surface area contributed by atoms with Crippen LogP contribution in [-0.4, -0.2) is 46.8 Å². The van der Waals surface area contributed by atoms with E-state index in [-0.39, 0.29) is 6.10 Å². The number of carboxylic acid groups (broad SMARTS) is 1. The first kappa shape index (κ1) is 29.6. The lowest BCUT2D eigenvalue weighted by Gasteiger charge is -2.13. The zero-order valence-electron chi connectivity index (χ0n) is 19.6. The topological polar surface area (TPSA) is 60.8 Å². The summed E-state index contributed by atoms with van der Waals surface area (Å²) < 4.78 is 0. The quantitative estimate of drug-likeness (QED) is 0.238. The van der Waals surface area contributed by atoms with E-state index >= 15 is 0 Å². The number of unbranched alkanes of at least 4 members (excludes halogenated alkanes) is 10. The number of aliphatic hydroxyl groups is 1. The summed E-state index contributed by atoms with van der Waals surface area (Å²) in [6.45, 7) is 12.3. The molecule has 1 unspecified atom stereocenters. The third kappa shape index (κ3) is 25.4. The number of nitrogens with zero attached hydrogens (tertiary/aromatic N) is 1. The van der Waals surface area contributed by atoms with Crippen molar-refractivity contribution in [2.24, 2.45) is 0 Å². The third-order valence-corrected chi connectivity index (χ3v) is 5.41. The molecule has 28 heavy (non-hydrogen) atoms. The molecule has 0 saturated carbocycles. The lowest BCUT2D eigenvalue weighted by molar-refractivity contribution is -0.137. The van der Waals surface area contributed by atoms with Crippen LogP contribution < -0.4 is 0 Å². The highest BCUT2D eigenvalue weighted by atomic mass is 16.4. The molecule has 170 valence electrons. The van der Waals surface area contributed by atoms with Crippen molar-refractivity contribution in [3.8, 4) is 0 Å². The van der Waals surface area contributed by atoms with E-state index in [1.807, 2.05) is 0 Å². The van der Waals surface area contributed by atoms with E-state index in [1.54, 1.807) is 0 Å². The van der Waals surface area contributed by atoms with Gasteiger partial charge in [-0.3, -0.25) is 4.79 Å². The van der Waals surface area contributed by atoms with Crippen molar-refractivity contribution in [3.63, 3.8) is 0 Å². The van der Waals surface area contributed by atoms with E-state index < -0.39 is 5.97 Å². The van der Waals surface area contributed by atoms with Gasteiger partial charge in [-0.25, -0.2) is 0 Å². The Balaban J connectivity index is 0. The van der Waals surface area contributed by atoms with Crippen LogP contribution in [0.5, 0.6) is 0 Å². The van der Waals surface area contributed by atoms with Crippen molar-refractivity contribution in [2.45, 2.75) is 130 Å². The summed E-state index contributed by atoms with van der Waals surface area (Å²) in [4.78, 5) is 12.7. The second-order valence-corrected chi connectivity index (χ2v) is 7.88. The molecule has 0 saturated heterocycles. The zero-order chi connectivity index (χ0) is 21.5. The lowest BCUT2D eigenvalue weighted by atomic mass is 10.0. The maximum atomic E-state index is 10.3. The SMILES string of the molecule is CCCCCCC(O)CCCCCCCCCCC(=O)O.CCN(CC)CC. The highest BCUT2D eigenvalue weighted by Gasteiger charge is 2.03. The van der Waals surface area contributed by atoms with E-state index in [4.69, 9.17) is 5.11 Å². The maximum Gasteiger partial charge on any atom is 0.303 e. The first-order valence-electron chi connectivity index (χ1n) is 12.1. The second-order valence-electron chi connectivity index (χ2n) is 7.88. The third-order valence-electron chi connectivity index (χ3n) is 5.41. The monoisotopic (exact) mass is 401 g/mol. The summed E-state index contributed by atoms with van der Waals surface area (Å²) in [7, 11) is 0. The highest BCUT2D eigenvalue weighted by molar-refractivity contribution is 5.66. The van der Waals surface area contributed by atoms with Gasteiger partial charge in [-0.2, -0.15) is 0 Å². The van der Waals surface area contributed by atoms with Crippen LogP contribution in [0.15, 0.2) is 0 Å². The summed E-state index contributed by atoms with van der Waals surface area (Å²) >= 11 is 0. The van der Waals surface area contributed by atoms with Crippen molar-refractivity contribution >= 4 is 5.97 Å². The number of hydrogen-bond acceptors (Lipinski definition) is 3. The van der Waals surface area contributed by atoms with Gasteiger partial charge in [-0.05, 0) is 38.9 Å². The number of carboxylic acids is 1. The number of carbonyl (C=O) groups is 1. The summed E-state index contributed by atoms with van der Waals surface area (Å²) in [5, 5.41) is 18.4. The molecule has 4 heteroatoms. The summed E-state index contributed by atoms with van der Waals surface area (Å²) in [6.07, 6.45) is 16.3. The molecule has 0 aliphatic rings. The van der Waals surface area contributed by atoms with Gasteiger partial charge in [-0.1, -0.05) is 98.3 Å². The fourth-order valence-corrected chi connectivity index (χ4v) is 3.34. The van der Waals surface area contributed by atoms with E-state index in [0.29, 0.717) is 6.42 Å². The minimum Gasteiger partial charge on any atom is -0.481 e. The summed E-state index contributed by atoms with van der Waals surface area (Å²) in [6, 6.07) is 0. The lowest BCUT2D eigenvalue weighted by Crippen LogP contribution is -2.21. The van der Waals surface area contributed by atoms with Gasteiger partial charge in [0.15, 0.2) is 0 Å². The Bertz CT molecular complexity index is 301. The van der Waals surface area contributed by atoms with Gasteiger partial charge < -0.3 is 15.1 Å². The Morgan fingerprint density at radius 2 is 1.07 bits per heavy atom. The van der Waals surface area contributed by atoms with Gasteiger partial charge in [-0.15, -0.1) is 0 Å². The molecule has 0 aromatic rings. The first-order chi connectivity index (χ1) is 13.5. The summed E-state index contributed by atoms with van der Waals surface area (Å²) in [5.41, 5.74) is 0. The number of aliphatic hydroxyl groups excluding tert-OH is 1. The Labute approximate surface area is 176 Å². The predicted octanol–water partition coefficient (Wildman–Crippen LogP) is 6.65. The summed E-state index contributed by atoms with van der Waals surface area (Å²) in [5.74, 6) is -0.678. The van der Waals surface area contributed by atoms with Crippen LogP contribution in [0, 0.1) is 0 Å². The van der Waals surface area contributed by atoms with Crippen molar-refractivity contribution < 1.29 is 15.0 Å². The zero-order valence-corrected chi connectivity index (χ0v) is 19.6. The highest BCUT2D eigenvalue weighted by Crippen LogP contribution is 2.14. The van der Waals surface area contributed by atoms with Crippen LogP contribution in [0.3, 0.4) is 0 Å². The molecule has 0 aliphatic heterocycles. The number of hydrogen-bond donors (Lipinski definition) is 2. The number of rotatable bonds is 19. The molecule has 0 bridgehead atoms. The minimum atomic E-state index is -0.678. The average molecular weight is 402 g/mol. The van der Waals surface area contributed by atoms with Gasteiger partial charge in [0, 0.05) is 6.42 Å². The normalized spacial score (nSPS) is 11.9. The predicted molar refractivity (Wildman–Crippen MR) is 122 cm³/mol. The molecular formula is C24H51NO3. The van der Waals surface area contributed by atoms with Crippen LogP contribution in [-0.2, 0) is 4.79 Å². The Morgan fingerprint density at radius 1 is 0.679 bits per heavy atom. The van der Waals surface area contributed by atoms with Gasteiger partial charge in [0.25, 0.3) is 0 Å². The molecule has 0 aliphatic carbocycles. The molecule has 4 nitrogen and oxygen atoms in total. The van der Waals surface area contributed by atoms with E-state index in [2.05, 4.69) is 32.6 Å². The minimum absolute atomic E-state index is 0.0853. The molecule has 0 fully saturated rings. The maximum absolute atomic E-state index is 10.3. The smallest absolute Gasteiger partial charge is 0.303 e. The Hall–Kier alpha value is -0.610. The van der Waals surface area contributed by atoms with Gasteiger partial charge in [0.1, 0.15) is 0 Å². The largest absolute Gasteiger partial charge is 0.481 e. The molecule has 0 amide bonds. The van der Waals surface area contributed by atoms with Gasteiger partial charge in [0.2, 0.25) is 0 Å². The molecule has 0 aromatic carbocycles. The van der Waals surface area contributed by atoms with Gasteiger partial charge >= 0.3 is 5.97 Å². The van der Waals surface area contributed by atoms with Crippen LogP contribution in [0.2, 0.25) is 0 Å².